The highest BCUT2D eigenvalue weighted by molar-refractivity contribution is 5.30. The number of rotatable bonds is 1. The average molecular weight is 220 g/mol. The SMILES string of the molecule is CN1C2CCCCC(n3cc(N)cn3)CC21. The predicted octanol–water partition coefficient (Wildman–Crippen LogP) is 1.65. The maximum absolute atomic E-state index is 5.73. The summed E-state index contributed by atoms with van der Waals surface area (Å²) < 4.78 is 2.07. The molecule has 1 aromatic heterocycles. The number of likely N-dealkylation sites (N-methyl/N-ethyl adjacent to an activating group) is 1. The first-order valence-corrected chi connectivity index (χ1v) is 6.27. The third kappa shape index (κ3) is 1.71. The van der Waals surface area contributed by atoms with E-state index in [0.717, 1.165) is 17.8 Å². The second-order valence-electron chi connectivity index (χ2n) is 5.23. The summed E-state index contributed by atoms with van der Waals surface area (Å²) in [6, 6.07) is 2.18. The molecule has 88 valence electrons. The number of anilines is 1. The minimum Gasteiger partial charge on any atom is -0.396 e. The summed E-state index contributed by atoms with van der Waals surface area (Å²) in [5.74, 6) is 0. The van der Waals surface area contributed by atoms with Gasteiger partial charge >= 0.3 is 0 Å². The molecule has 1 aromatic rings. The molecule has 0 aromatic carbocycles. The number of aromatic nitrogens is 2. The smallest absolute Gasteiger partial charge is 0.0719 e. The number of hydrogen-bond donors (Lipinski definition) is 1. The molecule has 2 fully saturated rings. The molecule has 4 unspecified atom stereocenters. The second-order valence-corrected chi connectivity index (χ2v) is 5.23. The molecular formula is C12H20N4. The van der Waals surface area contributed by atoms with Crippen LogP contribution in [0.5, 0.6) is 0 Å². The van der Waals surface area contributed by atoms with Crippen molar-refractivity contribution < 1.29 is 0 Å². The minimum absolute atomic E-state index is 0.551. The van der Waals surface area contributed by atoms with Crippen LogP contribution in [0.1, 0.15) is 38.1 Å². The van der Waals surface area contributed by atoms with Crippen molar-refractivity contribution in [2.75, 3.05) is 12.8 Å². The van der Waals surface area contributed by atoms with Crippen molar-refractivity contribution in [1.82, 2.24) is 14.7 Å². The van der Waals surface area contributed by atoms with E-state index in [9.17, 15) is 0 Å². The van der Waals surface area contributed by atoms with Gasteiger partial charge in [-0.3, -0.25) is 9.58 Å². The Morgan fingerprint density at radius 2 is 2.12 bits per heavy atom. The third-order valence-electron chi connectivity index (χ3n) is 4.20. The molecule has 0 bridgehead atoms. The van der Waals surface area contributed by atoms with Crippen molar-refractivity contribution in [3.63, 3.8) is 0 Å². The number of nitrogen functional groups attached to an aromatic ring is 1. The summed E-state index contributed by atoms with van der Waals surface area (Å²) >= 11 is 0. The van der Waals surface area contributed by atoms with Gasteiger partial charge in [0.05, 0.1) is 17.9 Å². The molecular weight excluding hydrogens is 200 g/mol. The van der Waals surface area contributed by atoms with Crippen LogP contribution in [-0.4, -0.2) is 33.8 Å². The highest BCUT2D eigenvalue weighted by Gasteiger charge is 2.45. The molecule has 1 saturated heterocycles. The largest absolute Gasteiger partial charge is 0.396 e. The molecule has 1 aliphatic carbocycles. The van der Waals surface area contributed by atoms with E-state index in [1.165, 1.54) is 32.1 Å². The van der Waals surface area contributed by atoms with E-state index in [1.807, 2.05) is 6.20 Å². The molecule has 1 saturated carbocycles. The van der Waals surface area contributed by atoms with Crippen LogP contribution >= 0.6 is 0 Å². The average Bonchev–Trinajstić information content (AvgIpc) is 2.64. The fourth-order valence-electron chi connectivity index (χ4n) is 3.12. The predicted molar refractivity (Wildman–Crippen MR) is 64.1 cm³/mol. The van der Waals surface area contributed by atoms with Gasteiger partial charge in [0.2, 0.25) is 0 Å². The summed E-state index contributed by atoms with van der Waals surface area (Å²) in [5, 5.41) is 4.36. The number of nitrogens with two attached hydrogens (primary N) is 1. The molecule has 2 N–H and O–H groups in total. The van der Waals surface area contributed by atoms with E-state index in [2.05, 4.69) is 21.7 Å². The van der Waals surface area contributed by atoms with Crippen molar-refractivity contribution in [2.24, 2.45) is 0 Å². The number of nitrogens with zero attached hydrogens (tertiary/aromatic N) is 3. The fraction of sp³-hybridized carbons (Fsp3) is 0.750. The van der Waals surface area contributed by atoms with Crippen molar-refractivity contribution in [3.8, 4) is 0 Å². The molecule has 0 radical (unpaired) electrons. The van der Waals surface area contributed by atoms with Crippen LogP contribution in [0.2, 0.25) is 0 Å². The van der Waals surface area contributed by atoms with Gasteiger partial charge in [0.15, 0.2) is 0 Å². The Morgan fingerprint density at radius 3 is 2.88 bits per heavy atom. The van der Waals surface area contributed by atoms with E-state index in [0.29, 0.717) is 6.04 Å². The minimum atomic E-state index is 0.551. The first-order valence-electron chi connectivity index (χ1n) is 6.27. The lowest BCUT2D eigenvalue weighted by Gasteiger charge is -2.18. The Labute approximate surface area is 96.4 Å². The summed E-state index contributed by atoms with van der Waals surface area (Å²) in [4.78, 5) is 2.51. The maximum Gasteiger partial charge on any atom is 0.0719 e. The van der Waals surface area contributed by atoms with Gasteiger partial charge in [-0.2, -0.15) is 5.10 Å². The Balaban J connectivity index is 1.74. The molecule has 1 aliphatic heterocycles. The van der Waals surface area contributed by atoms with E-state index in [1.54, 1.807) is 6.20 Å². The van der Waals surface area contributed by atoms with Gasteiger partial charge in [0.25, 0.3) is 0 Å². The Hall–Kier alpha value is -1.03. The van der Waals surface area contributed by atoms with Crippen molar-refractivity contribution in [2.45, 2.75) is 50.2 Å². The molecule has 4 nitrogen and oxygen atoms in total. The van der Waals surface area contributed by atoms with Gasteiger partial charge < -0.3 is 5.73 Å². The normalized spacial score (nSPS) is 38.6. The zero-order valence-corrected chi connectivity index (χ0v) is 9.84. The van der Waals surface area contributed by atoms with Crippen molar-refractivity contribution in [3.05, 3.63) is 12.4 Å². The lowest BCUT2D eigenvalue weighted by Crippen LogP contribution is -2.15. The molecule has 4 heteroatoms. The molecule has 2 heterocycles. The van der Waals surface area contributed by atoms with Gasteiger partial charge in [-0.05, 0) is 26.3 Å². The van der Waals surface area contributed by atoms with Crippen LogP contribution in [0.25, 0.3) is 0 Å². The Morgan fingerprint density at radius 1 is 1.31 bits per heavy atom. The highest BCUT2D eigenvalue weighted by atomic mass is 15.3. The van der Waals surface area contributed by atoms with E-state index in [-0.39, 0.29) is 0 Å². The summed E-state index contributed by atoms with van der Waals surface area (Å²) in [6.07, 6.45) is 10.3. The molecule has 0 spiro atoms. The Bertz CT molecular complexity index is 373. The van der Waals surface area contributed by atoms with E-state index in [4.69, 9.17) is 5.73 Å². The summed E-state index contributed by atoms with van der Waals surface area (Å²) in [6.45, 7) is 0. The third-order valence-corrected chi connectivity index (χ3v) is 4.20. The van der Waals surface area contributed by atoms with Gasteiger partial charge in [0.1, 0.15) is 0 Å². The van der Waals surface area contributed by atoms with Gasteiger partial charge in [-0.1, -0.05) is 12.8 Å². The van der Waals surface area contributed by atoms with Crippen LogP contribution in [0, 0.1) is 0 Å². The summed E-state index contributed by atoms with van der Waals surface area (Å²) in [7, 11) is 2.25. The lowest BCUT2D eigenvalue weighted by atomic mass is 9.97. The highest BCUT2D eigenvalue weighted by Crippen LogP contribution is 2.39. The molecule has 3 rings (SSSR count). The first kappa shape index (κ1) is 10.1. The van der Waals surface area contributed by atoms with Gasteiger partial charge in [-0.25, -0.2) is 0 Å². The van der Waals surface area contributed by atoms with E-state index < -0.39 is 0 Å². The van der Waals surface area contributed by atoms with Crippen LogP contribution in [0.4, 0.5) is 5.69 Å². The van der Waals surface area contributed by atoms with Crippen molar-refractivity contribution >= 4 is 5.69 Å². The molecule has 16 heavy (non-hydrogen) atoms. The summed E-state index contributed by atoms with van der Waals surface area (Å²) in [5.41, 5.74) is 6.51. The Kier molecular flexibility index (Phi) is 2.39. The van der Waals surface area contributed by atoms with E-state index >= 15 is 0 Å². The van der Waals surface area contributed by atoms with Crippen LogP contribution in [0.3, 0.4) is 0 Å². The van der Waals surface area contributed by atoms with Gasteiger partial charge in [0, 0.05) is 18.3 Å². The lowest BCUT2D eigenvalue weighted by molar-refractivity contribution is 0.361. The quantitative estimate of drug-likeness (QED) is 0.732. The zero-order valence-electron chi connectivity index (χ0n) is 9.84. The molecule has 2 aliphatic rings. The number of hydrogen-bond acceptors (Lipinski definition) is 3. The first-order chi connectivity index (χ1) is 7.75. The fourth-order valence-corrected chi connectivity index (χ4v) is 3.12. The monoisotopic (exact) mass is 220 g/mol. The number of fused-ring (bicyclic) bond motifs is 1. The maximum atomic E-state index is 5.73. The van der Waals surface area contributed by atoms with Crippen LogP contribution in [0.15, 0.2) is 12.4 Å². The standard InChI is InChI=1S/C12H20N4/c1-15-11-5-3-2-4-10(6-12(11)15)16-8-9(13)7-14-16/h7-8,10-12H,2-6,13H2,1H3. The molecule has 0 amide bonds. The van der Waals surface area contributed by atoms with Gasteiger partial charge in [-0.15, -0.1) is 0 Å². The topological polar surface area (TPSA) is 46.9 Å². The van der Waals surface area contributed by atoms with Crippen LogP contribution in [-0.2, 0) is 0 Å². The zero-order chi connectivity index (χ0) is 11.1. The van der Waals surface area contributed by atoms with Crippen molar-refractivity contribution in [1.29, 1.82) is 0 Å². The second kappa shape index (κ2) is 3.77. The van der Waals surface area contributed by atoms with Crippen LogP contribution < -0.4 is 5.73 Å². The molecule has 4 atom stereocenters.